The van der Waals surface area contributed by atoms with E-state index in [-0.39, 0.29) is 17.3 Å². The summed E-state index contributed by atoms with van der Waals surface area (Å²) in [6.07, 6.45) is 0. The lowest BCUT2D eigenvalue weighted by Crippen LogP contribution is -2.29. The van der Waals surface area contributed by atoms with Crippen LogP contribution in [0.1, 0.15) is 60.5 Å². The van der Waals surface area contributed by atoms with Gasteiger partial charge in [0.1, 0.15) is 11.5 Å². The quantitative estimate of drug-likeness (QED) is 0.256. The van der Waals surface area contributed by atoms with Crippen LogP contribution < -0.4 is 9.64 Å². The van der Waals surface area contributed by atoms with Crippen molar-refractivity contribution in [3.05, 3.63) is 100 Å². The molecule has 35 heavy (non-hydrogen) atoms. The number of ether oxygens (including phenoxy) is 1. The topological polar surface area (TPSA) is 66.8 Å². The van der Waals surface area contributed by atoms with Crippen molar-refractivity contribution >= 4 is 23.1 Å². The van der Waals surface area contributed by atoms with Crippen LogP contribution in [0.4, 0.5) is 5.69 Å². The van der Waals surface area contributed by atoms with Crippen molar-refractivity contribution in [1.82, 2.24) is 0 Å². The molecule has 0 spiro atoms. The number of ketones is 1. The van der Waals surface area contributed by atoms with Gasteiger partial charge in [0.2, 0.25) is 0 Å². The largest absolute Gasteiger partial charge is 0.507 e. The molecule has 0 saturated carbocycles. The molecule has 4 rings (SSSR count). The molecule has 1 saturated heterocycles. The molecule has 0 aromatic heterocycles. The molecule has 3 aromatic rings. The summed E-state index contributed by atoms with van der Waals surface area (Å²) in [6, 6.07) is 19.8. The molecule has 180 valence electrons. The van der Waals surface area contributed by atoms with Crippen LogP contribution in [0.25, 0.3) is 5.76 Å². The molecule has 0 bridgehead atoms. The number of aliphatic hydroxyl groups is 1. The predicted octanol–water partition coefficient (Wildman–Crippen LogP) is 6.45. The van der Waals surface area contributed by atoms with Crippen LogP contribution in [-0.2, 0) is 9.59 Å². The van der Waals surface area contributed by atoms with Gasteiger partial charge in [0, 0.05) is 11.3 Å². The van der Waals surface area contributed by atoms with Crippen molar-refractivity contribution in [3.8, 4) is 5.75 Å². The van der Waals surface area contributed by atoms with Crippen molar-refractivity contribution in [1.29, 1.82) is 0 Å². The Kier molecular flexibility index (Phi) is 6.79. The first kappa shape index (κ1) is 24.3. The molecule has 1 aliphatic rings. The van der Waals surface area contributed by atoms with Crippen LogP contribution >= 0.6 is 0 Å². The Morgan fingerprint density at radius 2 is 1.66 bits per heavy atom. The molecule has 0 aliphatic carbocycles. The molecular weight excluding hydrogens is 438 g/mol. The highest BCUT2D eigenvalue weighted by Gasteiger charge is 2.47. The first-order chi connectivity index (χ1) is 16.7. The first-order valence-corrected chi connectivity index (χ1v) is 11.9. The second-order valence-electron chi connectivity index (χ2n) is 9.26. The van der Waals surface area contributed by atoms with Crippen molar-refractivity contribution in [2.45, 2.75) is 46.6 Å². The van der Waals surface area contributed by atoms with Gasteiger partial charge in [-0.2, -0.15) is 0 Å². The van der Waals surface area contributed by atoms with Gasteiger partial charge >= 0.3 is 0 Å². The standard InChI is InChI=1S/C30H31NO4/c1-6-35-25-14-13-22(17-24(25)18(2)3)28(32)26-27(21-11-7-9-19(4)15-21)31(30(34)29(26)33)23-12-8-10-20(5)16-23/h7-18,27,32H,6H2,1-5H3/b28-26-. The van der Waals surface area contributed by atoms with Gasteiger partial charge in [-0.25, -0.2) is 0 Å². The molecule has 1 aliphatic heterocycles. The minimum absolute atomic E-state index is 0.0842. The van der Waals surface area contributed by atoms with Crippen molar-refractivity contribution in [2.24, 2.45) is 0 Å². The zero-order valence-corrected chi connectivity index (χ0v) is 20.8. The Morgan fingerprint density at radius 3 is 2.29 bits per heavy atom. The number of aryl methyl sites for hydroxylation is 2. The number of rotatable bonds is 6. The molecule has 1 fully saturated rings. The Morgan fingerprint density at radius 1 is 0.971 bits per heavy atom. The summed E-state index contributed by atoms with van der Waals surface area (Å²) in [4.78, 5) is 28.3. The van der Waals surface area contributed by atoms with E-state index in [1.807, 2.05) is 95.3 Å². The van der Waals surface area contributed by atoms with Gasteiger partial charge in [-0.3, -0.25) is 14.5 Å². The SMILES string of the molecule is CCOc1ccc(/C(O)=C2/C(=O)C(=O)N(c3cccc(C)c3)C2c2cccc(C)c2)cc1C(C)C. The lowest BCUT2D eigenvalue weighted by molar-refractivity contribution is -0.132. The van der Waals surface area contributed by atoms with E-state index >= 15 is 0 Å². The molecule has 5 heteroatoms. The molecule has 1 atom stereocenters. The van der Waals surface area contributed by atoms with Crippen LogP contribution in [-0.4, -0.2) is 23.4 Å². The minimum Gasteiger partial charge on any atom is -0.507 e. The average Bonchev–Trinajstić information content (AvgIpc) is 3.09. The van der Waals surface area contributed by atoms with E-state index in [0.29, 0.717) is 17.9 Å². The lowest BCUT2D eigenvalue weighted by Gasteiger charge is -2.26. The lowest BCUT2D eigenvalue weighted by atomic mass is 9.92. The van der Waals surface area contributed by atoms with Crippen LogP contribution in [0, 0.1) is 13.8 Å². The maximum absolute atomic E-state index is 13.4. The Labute approximate surface area is 206 Å². The van der Waals surface area contributed by atoms with Gasteiger partial charge < -0.3 is 9.84 Å². The van der Waals surface area contributed by atoms with E-state index in [1.54, 1.807) is 6.07 Å². The van der Waals surface area contributed by atoms with E-state index < -0.39 is 17.7 Å². The van der Waals surface area contributed by atoms with Crippen LogP contribution in [0.3, 0.4) is 0 Å². The predicted molar refractivity (Wildman–Crippen MR) is 139 cm³/mol. The Balaban J connectivity index is 1.94. The smallest absolute Gasteiger partial charge is 0.300 e. The first-order valence-electron chi connectivity index (χ1n) is 11.9. The fourth-order valence-corrected chi connectivity index (χ4v) is 4.62. The third kappa shape index (κ3) is 4.59. The molecule has 1 unspecified atom stereocenters. The van der Waals surface area contributed by atoms with E-state index in [0.717, 1.165) is 28.0 Å². The second-order valence-corrected chi connectivity index (χ2v) is 9.26. The molecule has 0 radical (unpaired) electrons. The monoisotopic (exact) mass is 469 g/mol. The molecule has 1 N–H and O–H groups in total. The normalized spacial score (nSPS) is 17.3. The Hall–Kier alpha value is -3.86. The summed E-state index contributed by atoms with van der Waals surface area (Å²) in [6.45, 7) is 10.4. The number of hydrogen-bond acceptors (Lipinski definition) is 4. The summed E-state index contributed by atoms with van der Waals surface area (Å²) in [5.74, 6) is -0.648. The summed E-state index contributed by atoms with van der Waals surface area (Å²) in [5, 5.41) is 11.5. The van der Waals surface area contributed by atoms with Gasteiger partial charge in [-0.15, -0.1) is 0 Å². The maximum atomic E-state index is 13.4. The van der Waals surface area contributed by atoms with E-state index in [9.17, 15) is 14.7 Å². The van der Waals surface area contributed by atoms with Crippen molar-refractivity contribution in [2.75, 3.05) is 11.5 Å². The van der Waals surface area contributed by atoms with Crippen LogP contribution in [0.2, 0.25) is 0 Å². The highest BCUT2D eigenvalue weighted by Crippen LogP contribution is 2.43. The molecule has 1 amide bonds. The fraction of sp³-hybridized carbons (Fsp3) is 0.267. The number of aliphatic hydroxyl groups excluding tert-OH is 1. The minimum atomic E-state index is -0.745. The van der Waals surface area contributed by atoms with Gasteiger partial charge in [-0.1, -0.05) is 55.8 Å². The van der Waals surface area contributed by atoms with Gasteiger partial charge in [0.15, 0.2) is 0 Å². The number of hydrogen-bond donors (Lipinski definition) is 1. The van der Waals surface area contributed by atoms with Gasteiger partial charge in [0.25, 0.3) is 11.7 Å². The van der Waals surface area contributed by atoms with Gasteiger partial charge in [0.05, 0.1) is 18.2 Å². The highest BCUT2D eigenvalue weighted by atomic mass is 16.5. The highest BCUT2D eigenvalue weighted by molar-refractivity contribution is 6.51. The molecule has 3 aromatic carbocycles. The summed E-state index contributed by atoms with van der Waals surface area (Å²) in [7, 11) is 0. The summed E-state index contributed by atoms with van der Waals surface area (Å²) in [5.41, 5.74) is 4.85. The van der Waals surface area contributed by atoms with Crippen LogP contribution in [0.5, 0.6) is 5.75 Å². The molecular formula is C30H31NO4. The number of carbonyl (C=O) groups is 2. The number of nitrogens with zero attached hydrogens (tertiary/aromatic N) is 1. The van der Waals surface area contributed by atoms with Crippen molar-refractivity contribution < 1.29 is 19.4 Å². The number of carbonyl (C=O) groups excluding carboxylic acids is 2. The zero-order valence-electron chi connectivity index (χ0n) is 20.8. The summed E-state index contributed by atoms with van der Waals surface area (Å²) >= 11 is 0. The van der Waals surface area contributed by atoms with Crippen LogP contribution in [0.15, 0.2) is 72.3 Å². The number of benzene rings is 3. The second kappa shape index (κ2) is 9.79. The van der Waals surface area contributed by atoms with E-state index in [1.165, 1.54) is 4.90 Å². The average molecular weight is 470 g/mol. The summed E-state index contributed by atoms with van der Waals surface area (Å²) < 4.78 is 5.76. The molecule has 5 nitrogen and oxygen atoms in total. The Bertz CT molecular complexity index is 1320. The molecule has 1 heterocycles. The third-order valence-electron chi connectivity index (χ3n) is 6.29. The fourth-order valence-electron chi connectivity index (χ4n) is 4.62. The number of anilines is 1. The van der Waals surface area contributed by atoms with Gasteiger partial charge in [-0.05, 0) is 73.7 Å². The number of amides is 1. The van der Waals surface area contributed by atoms with E-state index in [4.69, 9.17) is 4.74 Å². The van der Waals surface area contributed by atoms with E-state index in [2.05, 4.69) is 0 Å². The number of Topliss-reactive ketones (excluding diaryl/α,β-unsaturated/α-hetero) is 1. The maximum Gasteiger partial charge on any atom is 0.300 e. The third-order valence-corrected chi connectivity index (χ3v) is 6.29. The van der Waals surface area contributed by atoms with Crippen molar-refractivity contribution in [3.63, 3.8) is 0 Å². The zero-order chi connectivity index (χ0) is 25.3.